The number of aromatic nitrogens is 2. The topological polar surface area (TPSA) is 50.4 Å². The summed E-state index contributed by atoms with van der Waals surface area (Å²) in [6.45, 7) is 0. The van der Waals surface area contributed by atoms with Crippen molar-refractivity contribution in [1.29, 1.82) is 0 Å². The molecule has 1 aromatic heterocycles. The molecule has 1 heterocycles. The zero-order valence-electron chi connectivity index (χ0n) is 4.10. The fraction of sp³-hybridized carbons (Fsp3) is 0. The number of rotatable bonds is 1. The summed E-state index contributed by atoms with van der Waals surface area (Å²) in [5.41, 5.74) is 0. The summed E-state index contributed by atoms with van der Waals surface area (Å²) in [4.78, 5) is 3.70. The average Bonchev–Trinajstić information content (AvgIpc) is 2.19. The molecule has 0 fully saturated rings. The number of oxime groups is 1. The van der Waals surface area contributed by atoms with Gasteiger partial charge in [-0.05, 0) is 0 Å². The van der Waals surface area contributed by atoms with E-state index in [1.165, 1.54) is 17.2 Å². The zero-order chi connectivity index (χ0) is 5.82. The van der Waals surface area contributed by atoms with E-state index < -0.39 is 0 Å². The van der Waals surface area contributed by atoms with E-state index in [-0.39, 0.29) is 0 Å². The van der Waals surface area contributed by atoms with Crippen molar-refractivity contribution >= 4 is 6.34 Å². The van der Waals surface area contributed by atoms with E-state index in [2.05, 4.69) is 10.1 Å². The summed E-state index contributed by atoms with van der Waals surface area (Å²) in [6.07, 6.45) is 6.04. The lowest BCUT2D eigenvalue weighted by Gasteiger charge is -1.81. The molecular weight excluding hydrogens is 106 g/mol. The molecule has 0 bridgehead atoms. The molecule has 8 heavy (non-hydrogen) atoms. The number of hydrogen-bond donors (Lipinski definition) is 1. The molecule has 42 valence electrons. The van der Waals surface area contributed by atoms with Crippen LogP contribution in [0.15, 0.2) is 23.9 Å². The van der Waals surface area contributed by atoms with Crippen LogP contribution in [0.1, 0.15) is 0 Å². The van der Waals surface area contributed by atoms with Crippen molar-refractivity contribution < 1.29 is 5.21 Å². The van der Waals surface area contributed by atoms with Gasteiger partial charge in [0.15, 0.2) is 0 Å². The van der Waals surface area contributed by atoms with Gasteiger partial charge in [-0.3, -0.25) is 4.57 Å². The van der Waals surface area contributed by atoms with Crippen molar-refractivity contribution in [1.82, 2.24) is 9.55 Å². The SMILES string of the molecule is ON=Cn1ccnc1. The molecule has 1 aromatic rings. The van der Waals surface area contributed by atoms with Crippen LogP contribution in [0.3, 0.4) is 0 Å². The molecule has 0 aliphatic carbocycles. The van der Waals surface area contributed by atoms with Crippen LogP contribution in [0.25, 0.3) is 0 Å². The second-order valence-electron chi connectivity index (χ2n) is 1.24. The van der Waals surface area contributed by atoms with Crippen molar-refractivity contribution in [3.63, 3.8) is 0 Å². The molecule has 0 spiro atoms. The summed E-state index contributed by atoms with van der Waals surface area (Å²) >= 11 is 0. The highest BCUT2D eigenvalue weighted by atomic mass is 16.4. The molecule has 0 radical (unpaired) electrons. The molecule has 1 N–H and O–H groups in total. The molecule has 0 aromatic carbocycles. The predicted octanol–water partition coefficient (Wildman–Crippen LogP) is 0.149. The Morgan fingerprint density at radius 3 is 3.12 bits per heavy atom. The first-order valence-electron chi connectivity index (χ1n) is 2.08. The fourth-order valence-corrected chi connectivity index (χ4v) is 0.397. The first kappa shape index (κ1) is 4.83. The Balaban J connectivity index is 2.77. The van der Waals surface area contributed by atoms with Gasteiger partial charge >= 0.3 is 0 Å². The second-order valence-corrected chi connectivity index (χ2v) is 1.24. The van der Waals surface area contributed by atoms with E-state index in [0.29, 0.717) is 0 Å². The van der Waals surface area contributed by atoms with Gasteiger partial charge < -0.3 is 5.21 Å². The van der Waals surface area contributed by atoms with Crippen LogP contribution >= 0.6 is 0 Å². The van der Waals surface area contributed by atoms with Crippen LogP contribution in [0, 0.1) is 0 Å². The lowest BCUT2D eigenvalue weighted by atomic mass is 10.9. The third kappa shape index (κ3) is 0.841. The average molecular weight is 111 g/mol. The first-order valence-corrected chi connectivity index (χ1v) is 2.08. The van der Waals surface area contributed by atoms with Crippen LogP contribution in [0.4, 0.5) is 0 Å². The number of nitrogens with zero attached hydrogens (tertiary/aromatic N) is 3. The van der Waals surface area contributed by atoms with E-state index in [9.17, 15) is 0 Å². The summed E-state index contributed by atoms with van der Waals surface area (Å²) in [5.74, 6) is 0. The monoisotopic (exact) mass is 111 g/mol. The van der Waals surface area contributed by atoms with Crippen LogP contribution < -0.4 is 0 Å². The highest BCUT2D eigenvalue weighted by Gasteiger charge is 1.77. The van der Waals surface area contributed by atoms with Gasteiger partial charge in [0.2, 0.25) is 0 Å². The van der Waals surface area contributed by atoms with Gasteiger partial charge in [-0.15, -0.1) is 0 Å². The van der Waals surface area contributed by atoms with Crippen LogP contribution in [-0.4, -0.2) is 21.1 Å². The van der Waals surface area contributed by atoms with Crippen molar-refractivity contribution in [3.05, 3.63) is 18.7 Å². The van der Waals surface area contributed by atoms with Gasteiger partial charge in [0.05, 0.1) is 6.33 Å². The molecule has 0 atom stereocenters. The van der Waals surface area contributed by atoms with Crippen LogP contribution in [0.5, 0.6) is 0 Å². The minimum atomic E-state index is 1.24. The van der Waals surface area contributed by atoms with Crippen molar-refractivity contribution in [2.75, 3.05) is 0 Å². The normalized spacial score (nSPS) is 10.5. The molecule has 0 aliphatic rings. The maximum Gasteiger partial charge on any atom is 0.140 e. The Morgan fingerprint density at radius 1 is 1.75 bits per heavy atom. The molecule has 0 aliphatic heterocycles. The van der Waals surface area contributed by atoms with E-state index in [1.54, 1.807) is 12.4 Å². The summed E-state index contributed by atoms with van der Waals surface area (Å²) in [6, 6.07) is 0. The predicted molar refractivity (Wildman–Crippen MR) is 27.9 cm³/mol. The minimum absolute atomic E-state index is 1.24. The maximum atomic E-state index is 7.96. The Morgan fingerprint density at radius 2 is 2.62 bits per heavy atom. The fourth-order valence-electron chi connectivity index (χ4n) is 0.397. The van der Waals surface area contributed by atoms with Gasteiger partial charge in [0.1, 0.15) is 6.34 Å². The molecule has 0 amide bonds. The molecule has 0 unspecified atom stereocenters. The Bertz CT molecular complexity index is 167. The molecule has 4 nitrogen and oxygen atoms in total. The van der Waals surface area contributed by atoms with E-state index in [4.69, 9.17) is 5.21 Å². The molecule has 0 saturated heterocycles. The molecule has 0 saturated carbocycles. The van der Waals surface area contributed by atoms with Gasteiger partial charge in [0.25, 0.3) is 0 Å². The van der Waals surface area contributed by atoms with Crippen LogP contribution in [-0.2, 0) is 0 Å². The molecule has 1 rings (SSSR count). The third-order valence-electron chi connectivity index (χ3n) is 0.710. The second kappa shape index (κ2) is 2.11. The highest BCUT2D eigenvalue weighted by molar-refractivity contribution is 5.56. The number of hydrogen-bond acceptors (Lipinski definition) is 3. The minimum Gasteiger partial charge on any atom is -0.410 e. The lowest BCUT2D eigenvalue weighted by Crippen LogP contribution is -1.88. The Labute approximate surface area is 46.1 Å². The van der Waals surface area contributed by atoms with E-state index in [1.807, 2.05) is 0 Å². The van der Waals surface area contributed by atoms with Gasteiger partial charge in [-0.2, -0.15) is 0 Å². The summed E-state index contributed by atoms with van der Waals surface area (Å²) < 4.78 is 1.53. The van der Waals surface area contributed by atoms with Gasteiger partial charge in [-0.1, -0.05) is 5.16 Å². The van der Waals surface area contributed by atoms with Crippen molar-refractivity contribution in [3.8, 4) is 0 Å². The largest absolute Gasteiger partial charge is 0.410 e. The maximum absolute atomic E-state index is 7.96. The van der Waals surface area contributed by atoms with Gasteiger partial charge in [0, 0.05) is 12.4 Å². The highest BCUT2D eigenvalue weighted by Crippen LogP contribution is 1.76. The lowest BCUT2D eigenvalue weighted by molar-refractivity contribution is 0.320. The van der Waals surface area contributed by atoms with Crippen molar-refractivity contribution in [2.24, 2.45) is 5.16 Å². The smallest absolute Gasteiger partial charge is 0.140 e. The zero-order valence-corrected chi connectivity index (χ0v) is 4.10. The Kier molecular flexibility index (Phi) is 1.27. The quantitative estimate of drug-likeness (QED) is 0.243. The third-order valence-corrected chi connectivity index (χ3v) is 0.710. The van der Waals surface area contributed by atoms with Crippen LogP contribution in [0.2, 0.25) is 0 Å². The number of imidazole rings is 1. The molecule has 4 heteroatoms. The van der Waals surface area contributed by atoms with Gasteiger partial charge in [-0.25, -0.2) is 4.98 Å². The summed E-state index contributed by atoms with van der Waals surface area (Å²) in [5, 5.41) is 10.7. The van der Waals surface area contributed by atoms with Crippen molar-refractivity contribution in [2.45, 2.75) is 0 Å². The Hall–Kier alpha value is -1.32. The van der Waals surface area contributed by atoms with E-state index >= 15 is 0 Å². The molecular formula is C4H5N3O. The van der Waals surface area contributed by atoms with E-state index in [0.717, 1.165) is 0 Å². The first-order chi connectivity index (χ1) is 3.93. The standard InChI is InChI=1S/C4H5N3O/c8-6-4-7-2-1-5-3-7/h1-4,8H. The summed E-state index contributed by atoms with van der Waals surface area (Å²) in [7, 11) is 0.